The zero-order valence-electron chi connectivity index (χ0n) is 8.91. The van der Waals surface area contributed by atoms with E-state index >= 15 is 0 Å². The highest BCUT2D eigenvalue weighted by Gasteiger charge is 2.29. The van der Waals surface area contributed by atoms with Gasteiger partial charge in [-0.3, -0.25) is 0 Å². The lowest BCUT2D eigenvalue weighted by atomic mass is 10.2. The SMILES string of the molecule is NCc1c(Cl)ccc(S(=O)(=O)NC2CC2)c1Cl. The first-order chi connectivity index (χ1) is 7.95. The van der Waals surface area contributed by atoms with E-state index in [-0.39, 0.29) is 22.5 Å². The van der Waals surface area contributed by atoms with Crippen molar-refractivity contribution in [2.75, 3.05) is 0 Å². The van der Waals surface area contributed by atoms with Crippen LogP contribution in [0.1, 0.15) is 18.4 Å². The van der Waals surface area contributed by atoms with Crippen molar-refractivity contribution in [3.05, 3.63) is 27.7 Å². The van der Waals surface area contributed by atoms with E-state index < -0.39 is 10.0 Å². The molecule has 0 unspecified atom stereocenters. The maximum absolute atomic E-state index is 12.0. The molecule has 1 aliphatic carbocycles. The Morgan fingerprint density at radius 3 is 2.53 bits per heavy atom. The number of rotatable bonds is 4. The molecule has 1 saturated carbocycles. The Morgan fingerprint density at radius 1 is 1.35 bits per heavy atom. The minimum atomic E-state index is -3.57. The Balaban J connectivity index is 2.44. The third kappa shape index (κ3) is 2.74. The van der Waals surface area contributed by atoms with Gasteiger partial charge in [0.05, 0.1) is 5.02 Å². The predicted octanol–water partition coefficient (Wildman–Crippen LogP) is 1.89. The highest BCUT2D eigenvalue weighted by atomic mass is 35.5. The molecule has 0 saturated heterocycles. The van der Waals surface area contributed by atoms with Gasteiger partial charge in [-0.05, 0) is 25.0 Å². The number of halogens is 2. The van der Waals surface area contributed by atoms with Crippen LogP contribution in [0.2, 0.25) is 10.0 Å². The van der Waals surface area contributed by atoms with Gasteiger partial charge in [-0.15, -0.1) is 0 Å². The van der Waals surface area contributed by atoms with Crippen LogP contribution in [0.5, 0.6) is 0 Å². The molecule has 0 heterocycles. The van der Waals surface area contributed by atoms with Crippen molar-refractivity contribution in [1.82, 2.24) is 4.72 Å². The summed E-state index contributed by atoms with van der Waals surface area (Å²) in [5.74, 6) is 0. The van der Waals surface area contributed by atoms with Crippen molar-refractivity contribution < 1.29 is 8.42 Å². The zero-order valence-corrected chi connectivity index (χ0v) is 11.2. The lowest BCUT2D eigenvalue weighted by molar-refractivity contribution is 0.581. The maximum Gasteiger partial charge on any atom is 0.242 e. The average Bonchev–Trinajstić information content (AvgIpc) is 3.01. The van der Waals surface area contributed by atoms with Crippen LogP contribution >= 0.6 is 23.2 Å². The van der Waals surface area contributed by atoms with Gasteiger partial charge in [-0.2, -0.15) is 0 Å². The first-order valence-corrected chi connectivity index (χ1v) is 7.39. The lowest BCUT2D eigenvalue weighted by Crippen LogP contribution is -2.26. The summed E-state index contributed by atoms with van der Waals surface area (Å²) >= 11 is 11.9. The second-order valence-corrected chi connectivity index (χ2v) is 6.41. The van der Waals surface area contributed by atoms with Gasteiger partial charge in [-0.25, -0.2) is 13.1 Å². The molecule has 2 rings (SSSR count). The van der Waals surface area contributed by atoms with E-state index in [0.717, 1.165) is 12.8 Å². The van der Waals surface area contributed by atoms with Gasteiger partial charge < -0.3 is 5.73 Å². The molecule has 3 N–H and O–H groups in total. The molecular weight excluding hydrogens is 283 g/mol. The highest BCUT2D eigenvalue weighted by Crippen LogP contribution is 2.32. The van der Waals surface area contributed by atoms with Crippen LogP contribution < -0.4 is 10.5 Å². The largest absolute Gasteiger partial charge is 0.326 e. The Hall–Kier alpha value is -0.330. The summed E-state index contributed by atoms with van der Waals surface area (Å²) in [6.45, 7) is 0.102. The van der Waals surface area contributed by atoms with Gasteiger partial charge in [0.25, 0.3) is 0 Å². The zero-order chi connectivity index (χ0) is 12.6. The van der Waals surface area contributed by atoms with Crippen molar-refractivity contribution in [2.24, 2.45) is 5.73 Å². The molecule has 0 aromatic heterocycles. The van der Waals surface area contributed by atoms with E-state index in [9.17, 15) is 8.42 Å². The van der Waals surface area contributed by atoms with E-state index in [1.165, 1.54) is 12.1 Å². The molecule has 4 nitrogen and oxygen atoms in total. The van der Waals surface area contributed by atoms with Gasteiger partial charge in [-0.1, -0.05) is 23.2 Å². The number of benzene rings is 1. The molecule has 0 bridgehead atoms. The number of nitrogens with two attached hydrogens (primary N) is 1. The molecule has 17 heavy (non-hydrogen) atoms. The van der Waals surface area contributed by atoms with Gasteiger partial charge in [0.15, 0.2) is 0 Å². The standard InChI is InChI=1S/C10H12Cl2N2O2S/c11-8-3-4-9(10(12)7(8)5-13)17(15,16)14-6-1-2-6/h3-4,6,14H,1-2,5,13H2. The third-order valence-electron chi connectivity index (χ3n) is 2.54. The fourth-order valence-electron chi connectivity index (χ4n) is 1.45. The number of hydrogen-bond donors (Lipinski definition) is 2. The molecule has 1 aliphatic rings. The van der Waals surface area contributed by atoms with Crippen LogP contribution in [-0.4, -0.2) is 14.5 Å². The molecule has 94 valence electrons. The van der Waals surface area contributed by atoms with Crippen molar-refractivity contribution in [3.63, 3.8) is 0 Å². The molecule has 7 heteroatoms. The van der Waals surface area contributed by atoms with Gasteiger partial charge in [0, 0.05) is 23.2 Å². The first kappa shape index (κ1) is 13.1. The monoisotopic (exact) mass is 294 g/mol. The summed E-state index contributed by atoms with van der Waals surface area (Å²) in [4.78, 5) is 0.0379. The van der Waals surface area contributed by atoms with Crippen LogP contribution in [0.4, 0.5) is 0 Å². The average molecular weight is 295 g/mol. The lowest BCUT2D eigenvalue weighted by Gasteiger charge is -2.11. The summed E-state index contributed by atoms with van der Waals surface area (Å²) < 4.78 is 26.6. The van der Waals surface area contributed by atoms with Crippen molar-refractivity contribution >= 4 is 33.2 Å². The van der Waals surface area contributed by atoms with E-state index in [1.807, 2.05) is 0 Å². The summed E-state index contributed by atoms with van der Waals surface area (Å²) in [5, 5.41) is 0.482. The molecule has 0 spiro atoms. The van der Waals surface area contributed by atoms with Crippen molar-refractivity contribution in [3.8, 4) is 0 Å². The third-order valence-corrected chi connectivity index (χ3v) is 5.00. The van der Waals surface area contributed by atoms with Crippen LogP contribution in [0.15, 0.2) is 17.0 Å². The van der Waals surface area contributed by atoms with E-state index in [2.05, 4.69) is 4.72 Å². The second kappa shape index (κ2) is 4.74. The Kier molecular flexibility index (Phi) is 3.66. The summed E-state index contributed by atoms with van der Waals surface area (Å²) in [6, 6.07) is 2.93. The maximum atomic E-state index is 12.0. The number of sulfonamides is 1. The van der Waals surface area contributed by atoms with E-state index in [4.69, 9.17) is 28.9 Å². The number of nitrogens with one attached hydrogen (secondary N) is 1. The molecule has 0 aliphatic heterocycles. The molecule has 1 aromatic carbocycles. The van der Waals surface area contributed by atoms with Crippen LogP contribution in [0.3, 0.4) is 0 Å². The van der Waals surface area contributed by atoms with Gasteiger partial charge in [0.1, 0.15) is 4.90 Å². The smallest absolute Gasteiger partial charge is 0.242 e. The Morgan fingerprint density at radius 2 is 2.00 bits per heavy atom. The van der Waals surface area contributed by atoms with Gasteiger partial charge >= 0.3 is 0 Å². The minimum Gasteiger partial charge on any atom is -0.326 e. The van der Waals surface area contributed by atoms with Crippen LogP contribution in [0, 0.1) is 0 Å². The molecular formula is C10H12Cl2N2O2S. The van der Waals surface area contributed by atoms with E-state index in [0.29, 0.717) is 10.6 Å². The highest BCUT2D eigenvalue weighted by molar-refractivity contribution is 7.89. The number of hydrogen-bond acceptors (Lipinski definition) is 3. The quantitative estimate of drug-likeness (QED) is 0.891. The van der Waals surface area contributed by atoms with Gasteiger partial charge in [0.2, 0.25) is 10.0 Å². The van der Waals surface area contributed by atoms with E-state index in [1.54, 1.807) is 0 Å². The summed E-state index contributed by atoms with van der Waals surface area (Å²) in [6.07, 6.45) is 1.74. The predicted molar refractivity (Wildman–Crippen MR) is 67.7 cm³/mol. The molecule has 0 radical (unpaired) electrons. The normalized spacial score (nSPS) is 16.2. The molecule has 0 atom stereocenters. The Bertz CT molecular complexity index is 541. The molecule has 1 aromatic rings. The Labute approximate surface area is 110 Å². The van der Waals surface area contributed by atoms with Crippen LogP contribution in [0.25, 0.3) is 0 Å². The van der Waals surface area contributed by atoms with Crippen LogP contribution in [-0.2, 0) is 16.6 Å². The first-order valence-electron chi connectivity index (χ1n) is 5.15. The molecule has 1 fully saturated rings. The minimum absolute atomic E-state index is 0.0353. The summed E-state index contributed by atoms with van der Waals surface area (Å²) in [5.41, 5.74) is 5.94. The van der Waals surface area contributed by atoms with Crippen molar-refractivity contribution in [2.45, 2.75) is 30.3 Å². The summed E-state index contributed by atoms with van der Waals surface area (Å²) in [7, 11) is -3.57. The second-order valence-electron chi connectivity index (χ2n) is 3.94. The molecule has 0 amide bonds. The topological polar surface area (TPSA) is 72.2 Å². The fraction of sp³-hybridized carbons (Fsp3) is 0.400. The fourth-order valence-corrected chi connectivity index (χ4v) is 3.69. The van der Waals surface area contributed by atoms with Crippen molar-refractivity contribution in [1.29, 1.82) is 0 Å².